The Balaban J connectivity index is 1.90. The van der Waals surface area contributed by atoms with Crippen LogP contribution in [0.1, 0.15) is 11.5 Å². The summed E-state index contributed by atoms with van der Waals surface area (Å²) in [6.07, 6.45) is 0. The molecule has 0 unspecified atom stereocenters. The second-order valence-corrected chi connectivity index (χ2v) is 7.40. The average Bonchev–Trinajstić information content (AvgIpc) is 3.08. The molecular weight excluding hydrogens is 360 g/mol. The summed E-state index contributed by atoms with van der Waals surface area (Å²) >= 11 is 1.02. The molecule has 0 aliphatic carbocycles. The standard InChI is InChI=1S/C14H11F2N3O3S2/c1-7-13(8(2)22-18-7)24(20,21)19-14-17-12(6-23-14)9-3-4-10(15)11(16)5-9/h3-6H,1-2H3,(H,17,19). The van der Waals surface area contributed by atoms with E-state index in [1.54, 1.807) is 0 Å². The zero-order valence-corrected chi connectivity index (χ0v) is 14.1. The molecule has 0 aliphatic rings. The monoisotopic (exact) mass is 371 g/mol. The van der Waals surface area contributed by atoms with Crippen molar-refractivity contribution in [1.29, 1.82) is 0 Å². The number of halogens is 2. The topological polar surface area (TPSA) is 85.1 Å². The van der Waals surface area contributed by atoms with E-state index in [0.29, 0.717) is 11.3 Å². The number of sulfonamides is 1. The Morgan fingerprint density at radius 2 is 1.96 bits per heavy atom. The second kappa shape index (κ2) is 5.95. The predicted octanol–water partition coefficient (Wildman–Crippen LogP) is 3.49. The minimum atomic E-state index is -3.91. The highest BCUT2D eigenvalue weighted by Gasteiger charge is 2.25. The fourth-order valence-electron chi connectivity index (χ4n) is 2.13. The zero-order chi connectivity index (χ0) is 17.5. The second-order valence-electron chi connectivity index (χ2n) is 4.93. The summed E-state index contributed by atoms with van der Waals surface area (Å²) in [6.45, 7) is 3.00. The molecule has 0 spiro atoms. The molecule has 2 aromatic heterocycles. The molecule has 10 heteroatoms. The van der Waals surface area contributed by atoms with Gasteiger partial charge in [0.2, 0.25) is 0 Å². The largest absolute Gasteiger partial charge is 0.360 e. The summed E-state index contributed by atoms with van der Waals surface area (Å²) in [6, 6.07) is 3.34. The van der Waals surface area contributed by atoms with Crippen molar-refractivity contribution >= 4 is 26.5 Å². The van der Waals surface area contributed by atoms with Crippen LogP contribution in [0.5, 0.6) is 0 Å². The van der Waals surface area contributed by atoms with Crippen LogP contribution in [-0.4, -0.2) is 18.6 Å². The minimum absolute atomic E-state index is 0.0490. The number of hydrogen-bond donors (Lipinski definition) is 1. The van der Waals surface area contributed by atoms with E-state index < -0.39 is 21.7 Å². The van der Waals surface area contributed by atoms with Crippen molar-refractivity contribution in [3.63, 3.8) is 0 Å². The molecule has 1 N–H and O–H groups in total. The van der Waals surface area contributed by atoms with E-state index >= 15 is 0 Å². The van der Waals surface area contributed by atoms with Crippen LogP contribution in [0.2, 0.25) is 0 Å². The Hall–Kier alpha value is -2.33. The molecule has 0 atom stereocenters. The van der Waals surface area contributed by atoms with Crippen molar-refractivity contribution in [2.45, 2.75) is 18.7 Å². The lowest BCUT2D eigenvalue weighted by atomic mass is 10.2. The zero-order valence-electron chi connectivity index (χ0n) is 12.5. The van der Waals surface area contributed by atoms with Gasteiger partial charge in [-0.1, -0.05) is 5.16 Å². The van der Waals surface area contributed by atoms with Crippen LogP contribution < -0.4 is 4.72 Å². The highest BCUT2D eigenvalue weighted by molar-refractivity contribution is 7.93. The summed E-state index contributed by atoms with van der Waals surface area (Å²) in [4.78, 5) is 4.04. The van der Waals surface area contributed by atoms with Gasteiger partial charge in [-0.25, -0.2) is 22.2 Å². The number of aryl methyl sites for hydroxylation is 2. The summed E-state index contributed by atoms with van der Waals surface area (Å²) < 4.78 is 58.2. The molecule has 3 rings (SSSR count). The first kappa shape index (κ1) is 16.5. The fraction of sp³-hybridized carbons (Fsp3) is 0.143. The SMILES string of the molecule is Cc1noc(C)c1S(=O)(=O)Nc1nc(-c2ccc(F)c(F)c2)cs1. The first-order valence-corrected chi connectivity index (χ1v) is 9.01. The van der Waals surface area contributed by atoms with Crippen molar-refractivity contribution in [3.05, 3.63) is 46.7 Å². The van der Waals surface area contributed by atoms with Crippen LogP contribution in [0.25, 0.3) is 11.3 Å². The van der Waals surface area contributed by atoms with Crippen molar-refractivity contribution in [2.24, 2.45) is 0 Å². The van der Waals surface area contributed by atoms with Crippen LogP contribution in [-0.2, 0) is 10.0 Å². The summed E-state index contributed by atoms with van der Waals surface area (Å²) in [5.74, 6) is -1.80. The van der Waals surface area contributed by atoms with E-state index in [1.807, 2.05) is 0 Å². The maximum Gasteiger partial charge on any atom is 0.269 e. The molecule has 6 nitrogen and oxygen atoms in total. The first-order chi connectivity index (χ1) is 11.3. The van der Waals surface area contributed by atoms with Crippen molar-refractivity contribution in [3.8, 4) is 11.3 Å². The number of aromatic nitrogens is 2. The van der Waals surface area contributed by atoms with Gasteiger partial charge >= 0.3 is 0 Å². The summed E-state index contributed by atoms with van der Waals surface area (Å²) in [5, 5.41) is 5.24. The third-order valence-electron chi connectivity index (χ3n) is 3.18. The van der Waals surface area contributed by atoms with E-state index in [1.165, 1.54) is 25.3 Å². The maximum atomic E-state index is 13.3. The van der Waals surface area contributed by atoms with Gasteiger partial charge in [0.1, 0.15) is 5.69 Å². The number of nitrogens with one attached hydrogen (secondary N) is 1. The predicted molar refractivity (Wildman–Crippen MR) is 84.3 cm³/mol. The van der Waals surface area contributed by atoms with Gasteiger partial charge in [0.05, 0.1) is 5.69 Å². The fourth-order valence-corrected chi connectivity index (χ4v) is 4.44. The van der Waals surface area contributed by atoms with Crippen molar-refractivity contribution < 1.29 is 21.7 Å². The van der Waals surface area contributed by atoms with Gasteiger partial charge in [-0.05, 0) is 32.0 Å². The van der Waals surface area contributed by atoms with E-state index in [2.05, 4.69) is 14.9 Å². The quantitative estimate of drug-likeness (QED) is 0.759. The Morgan fingerprint density at radius 3 is 2.58 bits per heavy atom. The lowest BCUT2D eigenvalue weighted by Gasteiger charge is -2.04. The number of nitrogens with zero attached hydrogens (tertiary/aromatic N) is 2. The summed E-state index contributed by atoms with van der Waals surface area (Å²) in [5.41, 5.74) is 0.903. The highest BCUT2D eigenvalue weighted by atomic mass is 32.2. The minimum Gasteiger partial charge on any atom is -0.360 e. The lowest BCUT2D eigenvalue weighted by Crippen LogP contribution is -2.14. The Bertz CT molecular complexity index is 993. The molecule has 3 aromatic rings. The van der Waals surface area contributed by atoms with Gasteiger partial charge in [0.15, 0.2) is 27.4 Å². The van der Waals surface area contributed by atoms with Crippen molar-refractivity contribution in [2.75, 3.05) is 4.72 Å². The normalized spacial score (nSPS) is 11.7. The van der Waals surface area contributed by atoms with Crippen LogP contribution in [0.4, 0.5) is 13.9 Å². The van der Waals surface area contributed by atoms with Gasteiger partial charge in [0, 0.05) is 10.9 Å². The molecule has 0 amide bonds. The molecule has 0 aliphatic heterocycles. The van der Waals surface area contributed by atoms with Crippen molar-refractivity contribution in [1.82, 2.24) is 10.1 Å². The van der Waals surface area contributed by atoms with E-state index in [9.17, 15) is 17.2 Å². The lowest BCUT2D eigenvalue weighted by molar-refractivity contribution is 0.390. The number of rotatable bonds is 4. The number of thiazole rings is 1. The van der Waals surface area contributed by atoms with Crippen LogP contribution in [0, 0.1) is 25.5 Å². The van der Waals surface area contributed by atoms with Gasteiger partial charge < -0.3 is 4.52 Å². The van der Waals surface area contributed by atoms with Crippen LogP contribution in [0.3, 0.4) is 0 Å². The molecule has 24 heavy (non-hydrogen) atoms. The number of anilines is 1. The number of benzene rings is 1. The summed E-state index contributed by atoms with van der Waals surface area (Å²) in [7, 11) is -3.91. The Labute approximate surface area is 140 Å². The Morgan fingerprint density at radius 1 is 1.21 bits per heavy atom. The number of hydrogen-bond acceptors (Lipinski definition) is 6. The van der Waals surface area contributed by atoms with Gasteiger partial charge in [-0.3, -0.25) is 4.72 Å². The molecule has 0 saturated heterocycles. The van der Waals surface area contributed by atoms with Gasteiger partial charge in [-0.15, -0.1) is 11.3 Å². The molecule has 2 heterocycles. The van der Waals surface area contributed by atoms with Gasteiger partial charge in [0.25, 0.3) is 10.0 Å². The van der Waals surface area contributed by atoms with E-state index in [-0.39, 0.29) is 21.5 Å². The molecular formula is C14H11F2N3O3S2. The molecule has 126 valence electrons. The van der Waals surface area contributed by atoms with E-state index in [0.717, 1.165) is 23.5 Å². The molecule has 0 saturated carbocycles. The molecule has 0 fully saturated rings. The molecule has 0 bridgehead atoms. The molecule has 1 aromatic carbocycles. The smallest absolute Gasteiger partial charge is 0.269 e. The molecule has 0 radical (unpaired) electrons. The third-order valence-corrected chi connectivity index (χ3v) is 5.65. The third kappa shape index (κ3) is 3.02. The Kier molecular flexibility index (Phi) is 4.10. The van der Waals surface area contributed by atoms with Crippen LogP contribution >= 0.6 is 11.3 Å². The van der Waals surface area contributed by atoms with E-state index in [4.69, 9.17) is 4.52 Å². The highest BCUT2D eigenvalue weighted by Crippen LogP contribution is 2.28. The van der Waals surface area contributed by atoms with Gasteiger partial charge in [-0.2, -0.15) is 0 Å². The first-order valence-electron chi connectivity index (χ1n) is 6.64. The van der Waals surface area contributed by atoms with Crippen LogP contribution in [0.15, 0.2) is 33.0 Å². The average molecular weight is 371 g/mol. The maximum absolute atomic E-state index is 13.3.